The number of ether oxygens (including phenoxy) is 1. The number of hydrogen-bond donors (Lipinski definition) is 0. The average Bonchev–Trinajstić information content (AvgIpc) is 2.84. The van der Waals surface area contributed by atoms with Gasteiger partial charge in [-0.15, -0.1) is 0 Å². The predicted molar refractivity (Wildman–Crippen MR) is 87.7 cm³/mol. The molecule has 3 nitrogen and oxygen atoms in total. The van der Waals surface area contributed by atoms with Crippen LogP contribution in [-0.4, -0.2) is 37.0 Å². The lowest BCUT2D eigenvalue weighted by Gasteiger charge is -2.33. The van der Waals surface area contributed by atoms with Crippen LogP contribution in [0.3, 0.4) is 0 Å². The molecular formula is C18H28N2O. The highest BCUT2D eigenvalue weighted by molar-refractivity contribution is 5.60. The van der Waals surface area contributed by atoms with Crippen LogP contribution in [-0.2, 0) is 4.74 Å². The van der Waals surface area contributed by atoms with Gasteiger partial charge >= 0.3 is 0 Å². The zero-order chi connectivity index (χ0) is 15.4. The van der Waals surface area contributed by atoms with Gasteiger partial charge in [-0.2, -0.15) is 0 Å². The molecule has 1 aromatic rings. The van der Waals surface area contributed by atoms with Crippen molar-refractivity contribution in [2.45, 2.75) is 53.8 Å². The van der Waals surface area contributed by atoms with Gasteiger partial charge < -0.3 is 9.64 Å². The Kier molecular flexibility index (Phi) is 3.53. The number of benzene rings is 1. The van der Waals surface area contributed by atoms with E-state index in [1.54, 1.807) is 0 Å². The molecule has 0 amide bonds. The van der Waals surface area contributed by atoms with E-state index in [4.69, 9.17) is 4.74 Å². The number of rotatable bonds is 1. The summed E-state index contributed by atoms with van der Waals surface area (Å²) in [6.07, 6.45) is 0.259. The molecular weight excluding hydrogens is 260 g/mol. The van der Waals surface area contributed by atoms with Crippen LogP contribution in [0.15, 0.2) is 12.1 Å². The summed E-state index contributed by atoms with van der Waals surface area (Å²) < 4.78 is 6.06. The molecule has 3 rings (SSSR count). The fourth-order valence-electron chi connectivity index (χ4n) is 3.97. The number of hydrogen-bond acceptors (Lipinski definition) is 3. The number of nitrogens with zero attached hydrogens (tertiary/aromatic N) is 2. The van der Waals surface area contributed by atoms with E-state index in [1.165, 1.54) is 22.4 Å². The molecule has 2 aliphatic rings. The van der Waals surface area contributed by atoms with Gasteiger partial charge in [0.05, 0.1) is 19.8 Å². The predicted octanol–water partition coefficient (Wildman–Crippen LogP) is 3.46. The van der Waals surface area contributed by atoms with E-state index in [9.17, 15) is 0 Å². The monoisotopic (exact) mass is 288 g/mol. The van der Waals surface area contributed by atoms with E-state index in [1.807, 2.05) is 0 Å². The minimum Gasteiger partial charge on any atom is -0.360 e. The van der Waals surface area contributed by atoms with Gasteiger partial charge in [0, 0.05) is 11.7 Å². The van der Waals surface area contributed by atoms with Gasteiger partial charge in [-0.05, 0) is 37.3 Å². The van der Waals surface area contributed by atoms with Crippen molar-refractivity contribution in [2.24, 2.45) is 5.41 Å². The molecule has 2 aliphatic heterocycles. The molecule has 2 atom stereocenters. The van der Waals surface area contributed by atoms with E-state index >= 15 is 0 Å². The number of aryl methyl sites for hydroxylation is 3. The molecule has 0 bridgehead atoms. The lowest BCUT2D eigenvalue weighted by molar-refractivity contribution is 0.0652. The van der Waals surface area contributed by atoms with Gasteiger partial charge in [0.2, 0.25) is 0 Å². The zero-order valence-corrected chi connectivity index (χ0v) is 14.2. The molecule has 21 heavy (non-hydrogen) atoms. The van der Waals surface area contributed by atoms with Crippen LogP contribution in [0.5, 0.6) is 0 Å². The lowest BCUT2D eigenvalue weighted by atomic mass is 9.87. The maximum Gasteiger partial charge on any atom is 0.130 e. The van der Waals surface area contributed by atoms with Crippen molar-refractivity contribution in [2.75, 3.05) is 24.7 Å². The third kappa shape index (κ3) is 2.58. The van der Waals surface area contributed by atoms with Crippen molar-refractivity contribution in [3.05, 3.63) is 28.8 Å². The molecule has 0 saturated carbocycles. The molecule has 1 aromatic carbocycles. The summed E-state index contributed by atoms with van der Waals surface area (Å²) in [4.78, 5) is 5.03. The summed E-state index contributed by atoms with van der Waals surface area (Å²) in [6, 6.07) is 5.08. The van der Waals surface area contributed by atoms with E-state index in [0.29, 0.717) is 6.04 Å². The molecule has 0 aliphatic carbocycles. The van der Waals surface area contributed by atoms with Gasteiger partial charge in [-0.1, -0.05) is 38.5 Å². The fraction of sp³-hybridized carbons (Fsp3) is 0.667. The lowest BCUT2D eigenvalue weighted by Crippen LogP contribution is -2.43. The third-order valence-corrected chi connectivity index (χ3v) is 4.88. The second-order valence-corrected chi connectivity index (χ2v) is 7.80. The first-order chi connectivity index (χ1) is 9.77. The van der Waals surface area contributed by atoms with Crippen molar-refractivity contribution in [1.29, 1.82) is 0 Å². The minimum absolute atomic E-state index is 0.259. The van der Waals surface area contributed by atoms with Gasteiger partial charge in [0.1, 0.15) is 6.23 Å². The number of anilines is 1. The van der Waals surface area contributed by atoms with Crippen LogP contribution < -0.4 is 4.90 Å². The molecule has 2 saturated heterocycles. The molecule has 116 valence electrons. The van der Waals surface area contributed by atoms with E-state index in [-0.39, 0.29) is 11.6 Å². The highest BCUT2D eigenvalue weighted by Crippen LogP contribution is 2.37. The maximum atomic E-state index is 6.06. The molecule has 2 heterocycles. The van der Waals surface area contributed by atoms with Crippen LogP contribution in [0.4, 0.5) is 5.69 Å². The largest absolute Gasteiger partial charge is 0.360 e. The Bertz CT molecular complexity index is 524. The topological polar surface area (TPSA) is 15.7 Å². The third-order valence-electron chi connectivity index (χ3n) is 4.88. The van der Waals surface area contributed by atoms with E-state index in [2.05, 4.69) is 63.5 Å². The summed E-state index contributed by atoms with van der Waals surface area (Å²) in [5.74, 6) is 0. The van der Waals surface area contributed by atoms with E-state index < -0.39 is 0 Å². The highest BCUT2D eigenvalue weighted by atomic mass is 16.5. The Morgan fingerprint density at radius 2 is 1.71 bits per heavy atom. The molecule has 0 aromatic heterocycles. The van der Waals surface area contributed by atoms with Crippen molar-refractivity contribution in [1.82, 2.24) is 4.90 Å². The Hall–Kier alpha value is -1.06. The Labute approximate surface area is 128 Å². The standard InChI is InChI=1S/C18H28N2O/c1-12-7-13(2)17(14(3)8-12)19-9-16-20(11-19)15(10-21-16)18(4,5)6/h7-8,15-16H,9-11H2,1-6H3/t15-,16?/m1/s1. The highest BCUT2D eigenvalue weighted by Gasteiger charge is 2.46. The second kappa shape index (κ2) is 4.99. The maximum absolute atomic E-state index is 6.06. The second-order valence-electron chi connectivity index (χ2n) is 7.80. The van der Waals surface area contributed by atoms with Crippen LogP contribution in [0.25, 0.3) is 0 Å². The molecule has 0 radical (unpaired) electrons. The zero-order valence-electron chi connectivity index (χ0n) is 14.2. The molecule has 0 N–H and O–H groups in total. The minimum atomic E-state index is 0.259. The Morgan fingerprint density at radius 3 is 2.29 bits per heavy atom. The molecule has 0 spiro atoms. The first-order valence-corrected chi connectivity index (χ1v) is 7.97. The summed E-state index contributed by atoms with van der Waals surface area (Å²) >= 11 is 0. The van der Waals surface area contributed by atoms with Crippen LogP contribution in [0, 0.1) is 26.2 Å². The van der Waals surface area contributed by atoms with Crippen molar-refractivity contribution >= 4 is 5.69 Å². The average molecular weight is 288 g/mol. The summed E-state index contributed by atoms with van der Waals surface area (Å²) in [5.41, 5.74) is 5.76. The Morgan fingerprint density at radius 1 is 1.10 bits per heavy atom. The number of fused-ring (bicyclic) bond motifs is 1. The van der Waals surface area contributed by atoms with Crippen molar-refractivity contribution in [3.63, 3.8) is 0 Å². The fourth-order valence-corrected chi connectivity index (χ4v) is 3.97. The van der Waals surface area contributed by atoms with Gasteiger partial charge in [0.25, 0.3) is 0 Å². The first kappa shape index (κ1) is 14.9. The summed E-state index contributed by atoms with van der Waals surface area (Å²) in [6.45, 7) is 16.4. The van der Waals surface area contributed by atoms with E-state index in [0.717, 1.165) is 19.8 Å². The Balaban J connectivity index is 1.86. The summed E-state index contributed by atoms with van der Waals surface area (Å²) in [7, 11) is 0. The quantitative estimate of drug-likeness (QED) is 0.787. The smallest absolute Gasteiger partial charge is 0.130 e. The van der Waals surface area contributed by atoms with Gasteiger partial charge in [-0.3, -0.25) is 4.90 Å². The van der Waals surface area contributed by atoms with Crippen LogP contribution in [0.2, 0.25) is 0 Å². The molecule has 2 fully saturated rings. The van der Waals surface area contributed by atoms with Crippen molar-refractivity contribution in [3.8, 4) is 0 Å². The van der Waals surface area contributed by atoms with Crippen LogP contribution in [0.1, 0.15) is 37.5 Å². The van der Waals surface area contributed by atoms with Gasteiger partial charge in [0.15, 0.2) is 0 Å². The SMILES string of the molecule is Cc1cc(C)c(N2CC3OC[C@H](C(C)(C)C)N3C2)c(C)c1. The summed E-state index contributed by atoms with van der Waals surface area (Å²) in [5, 5.41) is 0. The van der Waals surface area contributed by atoms with Gasteiger partial charge in [-0.25, -0.2) is 0 Å². The molecule has 3 heteroatoms. The van der Waals surface area contributed by atoms with Crippen molar-refractivity contribution < 1.29 is 4.74 Å². The van der Waals surface area contributed by atoms with Crippen LogP contribution >= 0.6 is 0 Å². The molecule has 1 unspecified atom stereocenters. The first-order valence-electron chi connectivity index (χ1n) is 7.97. The normalized spacial score (nSPS) is 26.5.